The lowest BCUT2D eigenvalue weighted by molar-refractivity contribution is 0.404. The minimum atomic E-state index is -0.105. The molecule has 0 aliphatic carbocycles. The van der Waals surface area contributed by atoms with E-state index in [9.17, 15) is 4.79 Å². The zero-order valence-electron chi connectivity index (χ0n) is 10.5. The fourth-order valence-corrected chi connectivity index (χ4v) is 2.24. The predicted octanol–water partition coefficient (Wildman–Crippen LogP) is 1.96. The Morgan fingerprint density at radius 3 is 2.78 bits per heavy atom. The molecule has 2 heterocycles. The van der Waals surface area contributed by atoms with Crippen molar-refractivity contribution in [2.75, 3.05) is 0 Å². The third kappa shape index (κ3) is 2.86. The SMILES string of the molecule is CC(C)[C@H](N)Cn1nc(-c2cccs2)ccc1=O. The summed E-state index contributed by atoms with van der Waals surface area (Å²) in [4.78, 5) is 12.8. The van der Waals surface area contributed by atoms with Crippen LogP contribution in [0.15, 0.2) is 34.4 Å². The summed E-state index contributed by atoms with van der Waals surface area (Å²) in [5, 5.41) is 6.36. The number of hydrogen-bond acceptors (Lipinski definition) is 4. The first-order chi connectivity index (χ1) is 8.58. The van der Waals surface area contributed by atoms with E-state index < -0.39 is 0 Å². The maximum atomic E-state index is 11.7. The Balaban J connectivity index is 2.30. The van der Waals surface area contributed by atoms with Crippen LogP contribution in [0.3, 0.4) is 0 Å². The Morgan fingerprint density at radius 2 is 2.17 bits per heavy atom. The quantitative estimate of drug-likeness (QED) is 0.917. The van der Waals surface area contributed by atoms with Crippen LogP contribution in [-0.2, 0) is 6.54 Å². The molecule has 0 aliphatic heterocycles. The summed E-state index contributed by atoms with van der Waals surface area (Å²) >= 11 is 1.61. The Kier molecular flexibility index (Phi) is 3.93. The van der Waals surface area contributed by atoms with E-state index in [0.29, 0.717) is 12.5 Å². The van der Waals surface area contributed by atoms with E-state index >= 15 is 0 Å². The van der Waals surface area contributed by atoms with Crippen molar-refractivity contribution in [3.8, 4) is 10.6 Å². The van der Waals surface area contributed by atoms with E-state index in [1.165, 1.54) is 4.68 Å². The second kappa shape index (κ2) is 5.46. The van der Waals surface area contributed by atoms with E-state index in [1.807, 2.05) is 31.4 Å². The molecule has 96 valence electrons. The van der Waals surface area contributed by atoms with Gasteiger partial charge in [-0.1, -0.05) is 19.9 Å². The molecule has 5 heteroatoms. The number of thiophene rings is 1. The van der Waals surface area contributed by atoms with Crippen LogP contribution in [0.1, 0.15) is 13.8 Å². The van der Waals surface area contributed by atoms with Gasteiger partial charge in [0.1, 0.15) is 5.69 Å². The van der Waals surface area contributed by atoms with Crippen LogP contribution in [0.25, 0.3) is 10.6 Å². The van der Waals surface area contributed by atoms with Crippen LogP contribution in [0.4, 0.5) is 0 Å². The van der Waals surface area contributed by atoms with E-state index in [1.54, 1.807) is 23.5 Å². The largest absolute Gasteiger partial charge is 0.326 e. The molecule has 0 amide bonds. The van der Waals surface area contributed by atoms with Crippen LogP contribution in [0.2, 0.25) is 0 Å². The van der Waals surface area contributed by atoms with Crippen molar-refractivity contribution in [2.24, 2.45) is 11.7 Å². The van der Waals surface area contributed by atoms with Gasteiger partial charge in [-0.25, -0.2) is 4.68 Å². The normalized spacial score (nSPS) is 12.9. The molecule has 18 heavy (non-hydrogen) atoms. The van der Waals surface area contributed by atoms with Crippen molar-refractivity contribution in [2.45, 2.75) is 26.4 Å². The summed E-state index contributed by atoms with van der Waals surface area (Å²) < 4.78 is 1.46. The highest BCUT2D eigenvalue weighted by Gasteiger charge is 2.11. The molecular formula is C13H17N3OS. The Bertz CT molecular complexity index is 560. The van der Waals surface area contributed by atoms with E-state index in [4.69, 9.17) is 5.73 Å². The van der Waals surface area contributed by atoms with Crippen LogP contribution >= 0.6 is 11.3 Å². The monoisotopic (exact) mass is 263 g/mol. The van der Waals surface area contributed by atoms with Gasteiger partial charge < -0.3 is 5.73 Å². The van der Waals surface area contributed by atoms with Gasteiger partial charge in [0.15, 0.2) is 0 Å². The molecule has 0 saturated heterocycles. The van der Waals surface area contributed by atoms with Gasteiger partial charge in [0.2, 0.25) is 0 Å². The van der Waals surface area contributed by atoms with E-state index in [2.05, 4.69) is 5.10 Å². The van der Waals surface area contributed by atoms with Crippen LogP contribution in [0, 0.1) is 5.92 Å². The van der Waals surface area contributed by atoms with Gasteiger partial charge in [-0.15, -0.1) is 11.3 Å². The summed E-state index contributed by atoms with van der Waals surface area (Å²) in [6.07, 6.45) is 0. The van der Waals surface area contributed by atoms with Crippen molar-refractivity contribution in [1.82, 2.24) is 9.78 Å². The summed E-state index contributed by atoms with van der Waals surface area (Å²) in [5.74, 6) is 0.323. The van der Waals surface area contributed by atoms with E-state index in [0.717, 1.165) is 10.6 Å². The second-order valence-electron chi connectivity index (χ2n) is 4.62. The number of rotatable bonds is 4. The minimum absolute atomic E-state index is 0.0613. The topological polar surface area (TPSA) is 60.9 Å². The minimum Gasteiger partial charge on any atom is -0.326 e. The van der Waals surface area contributed by atoms with Crippen molar-refractivity contribution in [1.29, 1.82) is 0 Å². The first-order valence-corrected chi connectivity index (χ1v) is 6.83. The second-order valence-corrected chi connectivity index (χ2v) is 5.57. The summed E-state index contributed by atoms with van der Waals surface area (Å²) in [7, 11) is 0. The van der Waals surface area contributed by atoms with Crippen molar-refractivity contribution in [3.63, 3.8) is 0 Å². The molecule has 0 unspecified atom stereocenters. The average molecular weight is 263 g/mol. The highest BCUT2D eigenvalue weighted by molar-refractivity contribution is 7.13. The molecule has 4 nitrogen and oxygen atoms in total. The maximum Gasteiger partial charge on any atom is 0.266 e. The highest BCUT2D eigenvalue weighted by Crippen LogP contribution is 2.21. The lowest BCUT2D eigenvalue weighted by atomic mass is 10.1. The number of nitrogens with two attached hydrogens (primary N) is 1. The van der Waals surface area contributed by atoms with Crippen molar-refractivity contribution < 1.29 is 0 Å². The Morgan fingerprint density at radius 1 is 1.39 bits per heavy atom. The molecular weight excluding hydrogens is 246 g/mol. The molecule has 0 aliphatic rings. The molecule has 0 saturated carbocycles. The summed E-state index contributed by atoms with van der Waals surface area (Å²) in [6.45, 7) is 4.54. The Labute approximate surface area is 110 Å². The van der Waals surface area contributed by atoms with Crippen LogP contribution in [0.5, 0.6) is 0 Å². The maximum absolute atomic E-state index is 11.7. The molecule has 2 rings (SSSR count). The lowest BCUT2D eigenvalue weighted by Crippen LogP contribution is -2.36. The highest BCUT2D eigenvalue weighted by atomic mass is 32.1. The van der Waals surface area contributed by atoms with Gasteiger partial charge in [-0.2, -0.15) is 5.10 Å². The molecule has 0 bridgehead atoms. The number of nitrogens with zero attached hydrogens (tertiary/aromatic N) is 2. The molecule has 2 aromatic rings. The standard InChI is InChI=1S/C13H17N3OS/c1-9(2)10(14)8-16-13(17)6-5-11(15-16)12-4-3-7-18-12/h3-7,9-10H,8,14H2,1-2H3/t10-/m1/s1. The van der Waals surface area contributed by atoms with Crippen molar-refractivity contribution in [3.05, 3.63) is 40.0 Å². The molecule has 2 N–H and O–H groups in total. The average Bonchev–Trinajstić information content (AvgIpc) is 2.85. The molecule has 0 aromatic carbocycles. The van der Waals surface area contributed by atoms with Gasteiger partial charge in [0, 0.05) is 12.1 Å². The molecule has 0 spiro atoms. The first-order valence-electron chi connectivity index (χ1n) is 5.95. The number of hydrogen-bond donors (Lipinski definition) is 1. The van der Waals surface area contributed by atoms with Crippen LogP contribution in [-0.4, -0.2) is 15.8 Å². The smallest absolute Gasteiger partial charge is 0.266 e. The van der Waals surface area contributed by atoms with Gasteiger partial charge in [-0.3, -0.25) is 4.79 Å². The number of aromatic nitrogens is 2. The third-order valence-electron chi connectivity index (χ3n) is 2.88. The summed E-state index contributed by atoms with van der Waals surface area (Å²) in [5.41, 5.74) is 6.70. The Hall–Kier alpha value is -1.46. The van der Waals surface area contributed by atoms with E-state index in [-0.39, 0.29) is 11.6 Å². The molecule has 0 fully saturated rings. The summed E-state index contributed by atoms with van der Waals surface area (Å²) in [6, 6.07) is 7.20. The first kappa shape index (κ1) is 13.0. The van der Waals surface area contributed by atoms with Gasteiger partial charge >= 0.3 is 0 Å². The third-order valence-corrected chi connectivity index (χ3v) is 3.77. The molecule has 1 atom stereocenters. The molecule has 0 radical (unpaired) electrons. The van der Waals surface area contributed by atoms with Gasteiger partial charge in [-0.05, 0) is 23.4 Å². The van der Waals surface area contributed by atoms with Crippen molar-refractivity contribution >= 4 is 11.3 Å². The van der Waals surface area contributed by atoms with Gasteiger partial charge in [0.25, 0.3) is 5.56 Å². The zero-order valence-corrected chi connectivity index (χ0v) is 11.4. The van der Waals surface area contributed by atoms with Crippen LogP contribution < -0.4 is 11.3 Å². The fraction of sp³-hybridized carbons (Fsp3) is 0.385. The van der Waals surface area contributed by atoms with Gasteiger partial charge in [0.05, 0.1) is 11.4 Å². The zero-order chi connectivity index (χ0) is 13.1. The predicted molar refractivity (Wildman–Crippen MR) is 74.6 cm³/mol. The molecule has 2 aromatic heterocycles. The lowest BCUT2D eigenvalue weighted by Gasteiger charge is -2.16. The fourth-order valence-electron chi connectivity index (χ4n) is 1.55.